The number of carbonyl (C=O) groups is 1. The van der Waals surface area contributed by atoms with E-state index in [1.54, 1.807) is 0 Å². The van der Waals surface area contributed by atoms with Crippen molar-refractivity contribution in [1.82, 2.24) is 19.7 Å². The van der Waals surface area contributed by atoms with Gasteiger partial charge in [-0.3, -0.25) is 4.79 Å². The first kappa shape index (κ1) is 18.9. The topological polar surface area (TPSA) is 40.5 Å². The van der Waals surface area contributed by atoms with Crippen molar-refractivity contribution in [2.45, 2.75) is 31.8 Å². The summed E-state index contributed by atoms with van der Waals surface area (Å²) in [6.07, 6.45) is 5.15. The van der Waals surface area contributed by atoms with Crippen LogP contribution in [0.2, 0.25) is 0 Å². The highest BCUT2D eigenvalue weighted by Crippen LogP contribution is 2.19. The van der Waals surface area contributed by atoms with Gasteiger partial charge in [-0.05, 0) is 57.9 Å². The Balaban J connectivity index is 1.45. The van der Waals surface area contributed by atoms with Gasteiger partial charge >= 0.3 is 0 Å². The maximum Gasteiger partial charge on any atom is 0.224 e. The number of hydrogen-bond acceptors (Lipinski definition) is 3. The molecule has 0 bridgehead atoms. The minimum Gasteiger partial charge on any atom is -0.356 e. The largest absolute Gasteiger partial charge is 0.356 e. The first-order chi connectivity index (χ1) is 12.5. The van der Waals surface area contributed by atoms with E-state index in [1.807, 2.05) is 0 Å². The molecule has 1 N–H and O–H groups in total. The number of nitrogens with zero attached hydrogens (tertiary/aromatic N) is 3. The van der Waals surface area contributed by atoms with E-state index >= 15 is 0 Å². The van der Waals surface area contributed by atoms with Crippen LogP contribution in [0.25, 0.3) is 10.9 Å². The molecule has 0 aliphatic carbocycles. The zero-order valence-electron chi connectivity index (χ0n) is 16.3. The van der Waals surface area contributed by atoms with Gasteiger partial charge in [0.05, 0.1) is 5.92 Å². The highest BCUT2D eigenvalue weighted by atomic mass is 16.1. The molecule has 2 atom stereocenters. The van der Waals surface area contributed by atoms with Crippen molar-refractivity contribution in [2.75, 3.05) is 40.8 Å². The molecular formula is C21H32N4O. The Hall–Kier alpha value is -1.85. The van der Waals surface area contributed by atoms with Crippen molar-refractivity contribution in [3.05, 3.63) is 36.5 Å². The number of nitrogens with one attached hydrogen (secondary N) is 1. The first-order valence-electron chi connectivity index (χ1n) is 9.71. The first-order valence-corrected chi connectivity index (χ1v) is 9.71. The van der Waals surface area contributed by atoms with Crippen molar-refractivity contribution in [1.29, 1.82) is 0 Å². The van der Waals surface area contributed by atoms with Crippen LogP contribution in [0.1, 0.15) is 19.3 Å². The second-order valence-corrected chi connectivity index (χ2v) is 7.83. The predicted octanol–water partition coefficient (Wildman–Crippen LogP) is 2.42. The number of aromatic nitrogens is 1. The summed E-state index contributed by atoms with van der Waals surface area (Å²) in [6.45, 7) is 3.57. The van der Waals surface area contributed by atoms with Gasteiger partial charge in [0.1, 0.15) is 0 Å². The molecule has 1 aromatic heterocycles. The maximum absolute atomic E-state index is 12.6. The fourth-order valence-electron chi connectivity index (χ4n) is 3.96. The number of fused-ring (bicyclic) bond motifs is 1. The van der Waals surface area contributed by atoms with Gasteiger partial charge in [0.2, 0.25) is 5.91 Å². The van der Waals surface area contributed by atoms with Crippen molar-refractivity contribution in [3.63, 3.8) is 0 Å². The van der Waals surface area contributed by atoms with Gasteiger partial charge in [0, 0.05) is 43.9 Å². The molecule has 0 spiro atoms. The molecule has 1 aromatic carbocycles. The van der Waals surface area contributed by atoms with Gasteiger partial charge in [-0.25, -0.2) is 0 Å². The number of benzene rings is 1. The summed E-state index contributed by atoms with van der Waals surface area (Å²) in [5.74, 6) is 0.325. The second-order valence-electron chi connectivity index (χ2n) is 7.83. The van der Waals surface area contributed by atoms with E-state index in [1.165, 1.54) is 10.9 Å². The van der Waals surface area contributed by atoms with Crippen LogP contribution in [0.3, 0.4) is 0 Å². The lowest BCUT2D eigenvalue weighted by Crippen LogP contribution is -2.39. The molecule has 2 aromatic rings. The summed E-state index contributed by atoms with van der Waals surface area (Å²) < 4.78 is 2.27. The maximum atomic E-state index is 12.6. The third-order valence-electron chi connectivity index (χ3n) is 5.56. The van der Waals surface area contributed by atoms with Crippen molar-refractivity contribution >= 4 is 16.8 Å². The summed E-state index contributed by atoms with van der Waals surface area (Å²) in [5.41, 5.74) is 1.26. The molecular weight excluding hydrogens is 324 g/mol. The van der Waals surface area contributed by atoms with Gasteiger partial charge in [-0.2, -0.15) is 0 Å². The van der Waals surface area contributed by atoms with Gasteiger partial charge < -0.3 is 19.7 Å². The highest BCUT2D eigenvalue weighted by molar-refractivity contribution is 5.80. The van der Waals surface area contributed by atoms with Crippen LogP contribution in [0, 0.1) is 5.92 Å². The molecule has 5 heteroatoms. The molecule has 1 aliphatic heterocycles. The number of para-hydroxylation sites is 1. The summed E-state index contributed by atoms with van der Waals surface area (Å²) in [4.78, 5) is 17.2. The van der Waals surface area contributed by atoms with E-state index in [2.05, 4.69) is 77.4 Å². The zero-order valence-corrected chi connectivity index (χ0v) is 16.3. The Morgan fingerprint density at radius 2 is 2.00 bits per heavy atom. The standard InChI is InChI=1S/C21H32N4O/c1-23(2)19-10-9-18(15-24(3)16-19)21(26)22-12-6-13-25-14-11-17-7-4-5-8-20(17)25/h4-5,7-8,11,14,18-19H,6,9-10,12-13,15-16H2,1-3H3,(H,22,26)/t18-,19+/m1/s1. The molecule has 142 valence electrons. The molecule has 2 heterocycles. The molecule has 3 rings (SSSR count). The average molecular weight is 357 g/mol. The molecule has 1 saturated heterocycles. The van der Waals surface area contributed by atoms with E-state index < -0.39 is 0 Å². The van der Waals surface area contributed by atoms with Crippen LogP contribution >= 0.6 is 0 Å². The van der Waals surface area contributed by atoms with Gasteiger partial charge in [0.15, 0.2) is 0 Å². The normalized spacial score (nSPS) is 21.8. The third-order valence-corrected chi connectivity index (χ3v) is 5.56. The molecule has 5 nitrogen and oxygen atoms in total. The molecule has 1 amide bonds. The molecule has 0 saturated carbocycles. The number of amides is 1. The molecule has 1 fully saturated rings. The fourth-order valence-corrected chi connectivity index (χ4v) is 3.96. The van der Waals surface area contributed by atoms with E-state index in [4.69, 9.17) is 0 Å². The lowest BCUT2D eigenvalue weighted by atomic mass is 10.0. The summed E-state index contributed by atoms with van der Waals surface area (Å²) in [6, 6.07) is 11.1. The Kier molecular flexibility index (Phi) is 6.33. The second kappa shape index (κ2) is 8.69. The SMILES string of the molecule is CN1C[C@H](C(=O)NCCCn2ccc3ccccc32)CC[C@H](N(C)C)C1. The minimum atomic E-state index is 0.109. The van der Waals surface area contributed by atoms with Gasteiger partial charge in [0.25, 0.3) is 0 Å². The van der Waals surface area contributed by atoms with E-state index in [-0.39, 0.29) is 11.8 Å². The number of aryl methyl sites for hydroxylation is 1. The van der Waals surface area contributed by atoms with Crippen LogP contribution in [0.15, 0.2) is 36.5 Å². The highest BCUT2D eigenvalue weighted by Gasteiger charge is 2.27. The Morgan fingerprint density at radius 3 is 2.81 bits per heavy atom. The Morgan fingerprint density at radius 1 is 1.19 bits per heavy atom. The number of rotatable bonds is 6. The zero-order chi connectivity index (χ0) is 18.5. The molecule has 26 heavy (non-hydrogen) atoms. The lowest BCUT2D eigenvalue weighted by Gasteiger charge is -2.25. The number of likely N-dealkylation sites (tertiary alicyclic amines) is 1. The van der Waals surface area contributed by atoms with E-state index in [0.29, 0.717) is 6.04 Å². The van der Waals surface area contributed by atoms with Crippen LogP contribution < -0.4 is 5.32 Å². The van der Waals surface area contributed by atoms with E-state index in [0.717, 1.165) is 45.4 Å². The molecule has 0 radical (unpaired) electrons. The summed E-state index contributed by atoms with van der Waals surface area (Å²) >= 11 is 0. The number of carbonyl (C=O) groups excluding carboxylic acids is 1. The number of hydrogen-bond donors (Lipinski definition) is 1. The smallest absolute Gasteiger partial charge is 0.224 e. The molecule has 1 aliphatic rings. The quantitative estimate of drug-likeness (QED) is 0.808. The molecule has 0 unspecified atom stereocenters. The Bertz CT molecular complexity index is 724. The monoisotopic (exact) mass is 356 g/mol. The van der Waals surface area contributed by atoms with Crippen LogP contribution in [0.4, 0.5) is 0 Å². The average Bonchev–Trinajstić information content (AvgIpc) is 2.92. The predicted molar refractivity (Wildman–Crippen MR) is 107 cm³/mol. The summed E-state index contributed by atoms with van der Waals surface area (Å²) in [5, 5.41) is 4.43. The fraction of sp³-hybridized carbons (Fsp3) is 0.571. The summed E-state index contributed by atoms with van der Waals surface area (Å²) in [7, 11) is 6.38. The van der Waals surface area contributed by atoms with Crippen molar-refractivity contribution < 1.29 is 4.79 Å². The Labute approximate surface area is 157 Å². The third kappa shape index (κ3) is 4.65. The van der Waals surface area contributed by atoms with Crippen LogP contribution in [-0.4, -0.2) is 67.1 Å². The van der Waals surface area contributed by atoms with Gasteiger partial charge in [-0.15, -0.1) is 0 Å². The lowest BCUT2D eigenvalue weighted by molar-refractivity contribution is -0.125. The van der Waals surface area contributed by atoms with E-state index in [9.17, 15) is 4.79 Å². The minimum absolute atomic E-state index is 0.109. The van der Waals surface area contributed by atoms with Gasteiger partial charge in [-0.1, -0.05) is 18.2 Å². The number of likely N-dealkylation sites (N-methyl/N-ethyl adjacent to an activating group) is 2. The van der Waals surface area contributed by atoms with Crippen LogP contribution in [-0.2, 0) is 11.3 Å². The van der Waals surface area contributed by atoms with Crippen molar-refractivity contribution in [2.24, 2.45) is 5.92 Å². The van der Waals surface area contributed by atoms with Crippen LogP contribution in [0.5, 0.6) is 0 Å². The van der Waals surface area contributed by atoms with Crippen molar-refractivity contribution in [3.8, 4) is 0 Å².